The van der Waals surface area contributed by atoms with Crippen LogP contribution in [0.5, 0.6) is 0 Å². The van der Waals surface area contributed by atoms with Gasteiger partial charge in [0.2, 0.25) is 5.91 Å². The van der Waals surface area contributed by atoms with E-state index in [1.165, 1.54) is 11.1 Å². The normalized spacial score (nSPS) is 36.7. The van der Waals surface area contributed by atoms with Gasteiger partial charge < -0.3 is 15.4 Å². The van der Waals surface area contributed by atoms with Gasteiger partial charge in [0, 0.05) is 26.1 Å². The lowest BCUT2D eigenvalue weighted by Gasteiger charge is -2.18. The van der Waals surface area contributed by atoms with Crippen molar-refractivity contribution in [1.82, 2.24) is 10.6 Å². The first-order valence-electron chi connectivity index (χ1n) is 7.91. The van der Waals surface area contributed by atoms with Gasteiger partial charge in [-0.3, -0.25) is 4.79 Å². The second-order valence-corrected chi connectivity index (χ2v) is 6.50. The van der Waals surface area contributed by atoms with Crippen molar-refractivity contribution < 1.29 is 9.53 Å². The fourth-order valence-corrected chi connectivity index (χ4v) is 4.25. The Morgan fingerprint density at radius 1 is 1.33 bits per heavy atom. The third-order valence-corrected chi connectivity index (χ3v) is 5.42. The molecule has 1 aromatic rings. The maximum Gasteiger partial charge on any atom is 0.224 e. The minimum Gasteiger partial charge on any atom is -0.378 e. The predicted molar refractivity (Wildman–Crippen MR) is 80.1 cm³/mol. The number of fused-ring (bicyclic) bond motifs is 3. The zero-order valence-electron chi connectivity index (χ0n) is 12.3. The highest BCUT2D eigenvalue weighted by Gasteiger charge is 2.57. The molecular formula is C17H22N2O2. The molecule has 3 aliphatic rings. The molecule has 0 radical (unpaired) electrons. The van der Waals surface area contributed by atoms with Crippen LogP contribution in [0.3, 0.4) is 0 Å². The summed E-state index contributed by atoms with van der Waals surface area (Å²) >= 11 is 0. The molecule has 2 fully saturated rings. The fourth-order valence-electron chi connectivity index (χ4n) is 4.25. The molecule has 2 aliphatic carbocycles. The van der Waals surface area contributed by atoms with E-state index in [0.717, 1.165) is 25.9 Å². The van der Waals surface area contributed by atoms with E-state index in [-0.39, 0.29) is 24.0 Å². The van der Waals surface area contributed by atoms with Crippen molar-refractivity contribution in [3.63, 3.8) is 0 Å². The average molecular weight is 286 g/mol. The van der Waals surface area contributed by atoms with Crippen molar-refractivity contribution in [2.45, 2.75) is 30.9 Å². The van der Waals surface area contributed by atoms with Crippen LogP contribution >= 0.6 is 0 Å². The first kappa shape index (κ1) is 13.3. The van der Waals surface area contributed by atoms with Gasteiger partial charge in [-0.05, 0) is 35.8 Å². The lowest BCUT2D eigenvalue weighted by atomic mass is 9.92. The first-order chi connectivity index (χ1) is 10.3. The van der Waals surface area contributed by atoms with Crippen LogP contribution in [0, 0.1) is 11.8 Å². The summed E-state index contributed by atoms with van der Waals surface area (Å²) in [6.07, 6.45) is 2.37. The molecule has 4 nitrogen and oxygen atoms in total. The highest BCUT2D eigenvalue weighted by Crippen LogP contribution is 2.59. The molecule has 1 aliphatic heterocycles. The minimum absolute atomic E-state index is 0.0991. The quantitative estimate of drug-likeness (QED) is 0.874. The van der Waals surface area contributed by atoms with E-state index in [0.29, 0.717) is 11.8 Å². The Morgan fingerprint density at radius 2 is 2.19 bits per heavy atom. The molecule has 4 rings (SSSR count). The molecule has 1 aromatic carbocycles. The van der Waals surface area contributed by atoms with Crippen LogP contribution < -0.4 is 10.6 Å². The standard InChI is InChI=1S/C17H22N2O2/c1-21-14-9-18-8-13(14)19-17(20)16-12-7-6-10-4-2-3-5-11(10)15(12)16/h2-5,12-16,18H,6-9H2,1H3,(H,19,20)/t12?,13?,14-,15?,16?/m0/s1. The van der Waals surface area contributed by atoms with E-state index >= 15 is 0 Å². The second-order valence-electron chi connectivity index (χ2n) is 6.50. The van der Waals surface area contributed by atoms with Crippen molar-refractivity contribution in [2.75, 3.05) is 20.2 Å². The van der Waals surface area contributed by atoms with E-state index in [1.807, 2.05) is 0 Å². The summed E-state index contributed by atoms with van der Waals surface area (Å²) in [5.41, 5.74) is 2.84. The monoisotopic (exact) mass is 286 g/mol. The van der Waals surface area contributed by atoms with E-state index in [4.69, 9.17) is 4.74 Å². The number of carbonyl (C=O) groups excluding carboxylic acids is 1. The second kappa shape index (κ2) is 5.11. The van der Waals surface area contributed by atoms with Crippen LogP contribution in [0.15, 0.2) is 24.3 Å². The molecule has 5 atom stereocenters. The summed E-state index contributed by atoms with van der Waals surface area (Å²) in [7, 11) is 1.71. The number of hydrogen-bond acceptors (Lipinski definition) is 3. The maximum absolute atomic E-state index is 12.6. The van der Waals surface area contributed by atoms with Gasteiger partial charge in [0.25, 0.3) is 0 Å². The summed E-state index contributed by atoms with van der Waals surface area (Å²) in [5.74, 6) is 1.39. The van der Waals surface area contributed by atoms with Gasteiger partial charge in [0.05, 0.1) is 12.1 Å². The Labute approximate surface area is 125 Å². The summed E-state index contributed by atoms with van der Waals surface area (Å²) in [5, 5.41) is 6.48. The van der Waals surface area contributed by atoms with Crippen LogP contribution in [0.4, 0.5) is 0 Å². The van der Waals surface area contributed by atoms with Gasteiger partial charge in [-0.15, -0.1) is 0 Å². The minimum atomic E-state index is 0.0991. The molecule has 4 heteroatoms. The van der Waals surface area contributed by atoms with Crippen LogP contribution in [0.25, 0.3) is 0 Å². The van der Waals surface area contributed by atoms with E-state index in [1.54, 1.807) is 7.11 Å². The predicted octanol–water partition coefficient (Wildman–Crippen LogP) is 1.07. The van der Waals surface area contributed by atoms with Crippen molar-refractivity contribution >= 4 is 5.91 Å². The lowest BCUT2D eigenvalue weighted by Crippen LogP contribution is -2.44. The van der Waals surface area contributed by atoms with Gasteiger partial charge in [-0.2, -0.15) is 0 Å². The van der Waals surface area contributed by atoms with Crippen LogP contribution in [0.1, 0.15) is 23.5 Å². The molecular weight excluding hydrogens is 264 g/mol. The summed E-state index contributed by atoms with van der Waals surface area (Å²) in [6, 6.07) is 8.72. The van der Waals surface area contributed by atoms with Gasteiger partial charge >= 0.3 is 0 Å². The van der Waals surface area contributed by atoms with Gasteiger partial charge in [0.1, 0.15) is 0 Å². The molecule has 1 saturated carbocycles. The third-order valence-electron chi connectivity index (χ3n) is 5.42. The Hall–Kier alpha value is -1.39. The smallest absolute Gasteiger partial charge is 0.224 e. The van der Waals surface area contributed by atoms with Crippen molar-refractivity contribution in [3.8, 4) is 0 Å². The lowest BCUT2D eigenvalue weighted by molar-refractivity contribution is -0.124. The Kier molecular flexibility index (Phi) is 3.23. The molecule has 1 saturated heterocycles. The van der Waals surface area contributed by atoms with Crippen molar-refractivity contribution in [2.24, 2.45) is 11.8 Å². The topological polar surface area (TPSA) is 50.4 Å². The number of methoxy groups -OCH3 is 1. The largest absolute Gasteiger partial charge is 0.378 e. The number of carbonyl (C=O) groups is 1. The maximum atomic E-state index is 12.6. The molecule has 112 valence electrons. The number of benzene rings is 1. The zero-order chi connectivity index (χ0) is 14.4. The molecule has 0 bridgehead atoms. The summed E-state index contributed by atoms with van der Waals surface area (Å²) in [6.45, 7) is 1.63. The molecule has 4 unspecified atom stereocenters. The number of rotatable bonds is 3. The van der Waals surface area contributed by atoms with Gasteiger partial charge in [0.15, 0.2) is 0 Å². The van der Waals surface area contributed by atoms with E-state index in [2.05, 4.69) is 34.9 Å². The SMILES string of the molecule is CO[C@H]1CNCC1NC(=O)C1C2CCc3ccccc3C21. The number of hydrogen-bond donors (Lipinski definition) is 2. The number of nitrogens with one attached hydrogen (secondary N) is 2. The Bertz CT molecular complexity index is 559. The molecule has 21 heavy (non-hydrogen) atoms. The third kappa shape index (κ3) is 2.17. The van der Waals surface area contributed by atoms with Gasteiger partial charge in [-0.1, -0.05) is 24.3 Å². The molecule has 1 amide bonds. The Morgan fingerprint density at radius 3 is 3.05 bits per heavy atom. The molecule has 1 heterocycles. The van der Waals surface area contributed by atoms with Crippen LogP contribution in [-0.4, -0.2) is 38.3 Å². The average Bonchev–Trinajstić information content (AvgIpc) is 3.11. The van der Waals surface area contributed by atoms with Gasteiger partial charge in [-0.25, -0.2) is 0 Å². The molecule has 0 spiro atoms. The molecule has 2 N–H and O–H groups in total. The number of ether oxygens (including phenoxy) is 1. The van der Waals surface area contributed by atoms with Crippen molar-refractivity contribution in [1.29, 1.82) is 0 Å². The fraction of sp³-hybridized carbons (Fsp3) is 0.588. The van der Waals surface area contributed by atoms with Crippen LogP contribution in [0.2, 0.25) is 0 Å². The Balaban J connectivity index is 1.46. The molecule has 0 aromatic heterocycles. The number of aryl methyl sites for hydroxylation is 1. The number of amides is 1. The first-order valence-corrected chi connectivity index (χ1v) is 7.91. The zero-order valence-corrected chi connectivity index (χ0v) is 12.3. The van der Waals surface area contributed by atoms with E-state index in [9.17, 15) is 4.79 Å². The van der Waals surface area contributed by atoms with E-state index < -0.39 is 0 Å². The van der Waals surface area contributed by atoms with Crippen molar-refractivity contribution in [3.05, 3.63) is 35.4 Å². The van der Waals surface area contributed by atoms with Crippen LogP contribution in [-0.2, 0) is 16.0 Å². The summed E-state index contributed by atoms with van der Waals surface area (Å²) in [4.78, 5) is 12.6. The highest BCUT2D eigenvalue weighted by atomic mass is 16.5. The summed E-state index contributed by atoms with van der Waals surface area (Å²) < 4.78 is 5.42. The highest BCUT2D eigenvalue weighted by molar-refractivity contribution is 5.84.